The zero-order valence-electron chi connectivity index (χ0n) is 11.2. The summed E-state index contributed by atoms with van der Waals surface area (Å²) in [5.74, 6) is -0.0174. The van der Waals surface area contributed by atoms with E-state index >= 15 is 0 Å². The van der Waals surface area contributed by atoms with Crippen LogP contribution in [-0.2, 0) is 0 Å². The fraction of sp³-hybridized carbons (Fsp3) is 0.571. The first kappa shape index (κ1) is 12.4. The number of rotatable bonds is 3. The summed E-state index contributed by atoms with van der Waals surface area (Å²) in [4.78, 5) is 18.9. The van der Waals surface area contributed by atoms with E-state index in [9.17, 15) is 4.79 Å². The zero-order chi connectivity index (χ0) is 13.2. The Morgan fingerprint density at radius 3 is 3.16 bits per heavy atom. The Morgan fingerprint density at radius 2 is 2.32 bits per heavy atom. The monoisotopic (exact) mass is 260 g/mol. The van der Waals surface area contributed by atoms with E-state index in [-0.39, 0.29) is 5.91 Å². The van der Waals surface area contributed by atoms with E-state index < -0.39 is 0 Å². The number of hydrogen-bond donors (Lipinski definition) is 2. The Balaban J connectivity index is 1.71. The van der Waals surface area contributed by atoms with Crippen LogP contribution in [0.4, 0.5) is 5.69 Å². The van der Waals surface area contributed by atoms with E-state index in [0.29, 0.717) is 17.6 Å². The molecule has 1 aromatic rings. The predicted molar refractivity (Wildman–Crippen MR) is 74.2 cm³/mol. The molecule has 0 aliphatic carbocycles. The molecule has 5 nitrogen and oxygen atoms in total. The average Bonchev–Trinajstić information content (AvgIpc) is 3.03. The quantitative estimate of drug-likeness (QED) is 0.854. The molecule has 2 unspecified atom stereocenters. The molecule has 2 saturated heterocycles. The van der Waals surface area contributed by atoms with Crippen LogP contribution >= 0.6 is 0 Å². The maximum atomic E-state index is 12.4. The van der Waals surface area contributed by atoms with Crippen molar-refractivity contribution in [1.82, 2.24) is 15.2 Å². The van der Waals surface area contributed by atoms with E-state index in [4.69, 9.17) is 0 Å². The van der Waals surface area contributed by atoms with Gasteiger partial charge in [0.1, 0.15) is 0 Å². The van der Waals surface area contributed by atoms with Crippen molar-refractivity contribution in [3.8, 4) is 0 Å². The van der Waals surface area contributed by atoms with Crippen molar-refractivity contribution in [2.75, 3.05) is 25.5 Å². The number of carbonyl (C=O) groups is 1. The second-order valence-electron chi connectivity index (χ2n) is 5.29. The molecule has 2 N–H and O–H groups in total. The Labute approximate surface area is 113 Å². The zero-order valence-corrected chi connectivity index (χ0v) is 11.2. The van der Waals surface area contributed by atoms with Crippen molar-refractivity contribution in [2.24, 2.45) is 0 Å². The van der Waals surface area contributed by atoms with E-state index in [1.807, 2.05) is 13.1 Å². The number of nitrogens with zero attached hydrogens (tertiary/aromatic N) is 2. The van der Waals surface area contributed by atoms with Gasteiger partial charge in [-0.25, -0.2) is 0 Å². The number of carbonyl (C=O) groups excluding carboxylic acids is 1. The first-order valence-electron chi connectivity index (χ1n) is 6.96. The molecule has 0 spiro atoms. The average molecular weight is 260 g/mol. The van der Waals surface area contributed by atoms with Gasteiger partial charge in [-0.1, -0.05) is 0 Å². The number of amides is 1. The molecule has 0 aromatic carbocycles. The third-order valence-electron chi connectivity index (χ3n) is 4.26. The van der Waals surface area contributed by atoms with Crippen molar-refractivity contribution in [2.45, 2.75) is 31.3 Å². The molecule has 5 heteroatoms. The number of fused-ring (bicyclic) bond motifs is 1. The first-order chi connectivity index (χ1) is 9.29. The number of nitrogens with one attached hydrogen (secondary N) is 2. The van der Waals surface area contributed by atoms with Gasteiger partial charge in [-0.15, -0.1) is 0 Å². The molecule has 2 fully saturated rings. The van der Waals surface area contributed by atoms with Crippen molar-refractivity contribution in [3.63, 3.8) is 0 Å². The van der Waals surface area contributed by atoms with Gasteiger partial charge in [0.25, 0.3) is 5.91 Å². The minimum atomic E-state index is -0.0174. The van der Waals surface area contributed by atoms with Gasteiger partial charge in [0, 0.05) is 43.8 Å². The first-order valence-corrected chi connectivity index (χ1v) is 6.96. The van der Waals surface area contributed by atoms with Crippen LogP contribution in [0.25, 0.3) is 0 Å². The van der Waals surface area contributed by atoms with Gasteiger partial charge < -0.3 is 10.6 Å². The molecule has 19 heavy (non-hydrogen) atoms. The van der Waals surface area contributed by atoms with Gasteiger partial charge >= 0.3 is 0 Å². The molecule has 102 valence electrons. The second-order valence-corrected chi connectivity index (χ2v) is 5.29. The fourth-order valence-corrected chi connectivity index (χ4v) is 3.29. The van der Waals surface area contributed by atoms with Crippen molar-refractivity contribution in [3.05, 3.63) is 24.0 Å². The summed E-state index contributed by atoms with van der Waals surface area (Å²) in [6.07, 6.45) is 6.84. The minimum Gasteiger partial charge on any atom is -0.387 e. The van der Waals surface area contributed by atoms with Crippen molar-refractivity contribution < 1.29 is 4.79 Å². The number of hydrogen-bond acceptors (Lipinski definition) is 4. The molecule has 1 aromatic heterocycles. The summed E-state index contributed by atoms with van der Waals surface area (Å²) in [6.45, 7) is 2.30. The number of anilines is 1. The normalized spacial score (nSPS) is 26.2. The topological polar surface area (TPSA) is 57.3 Å². The highest BCUT2D eigenvalue weighted by atomic mass is 16.1. The third-order valence-corrected chi connectivity index (χ3v) is 4.26. The molecule has 3 heterocycles. The van der Waals surface area contributed by atoms with Crippen LogP contribution in [0.3, 0.4) is 0 Å². The summed E-state index contributed by atoms with van der Waals surface area (Å²) in [5, 5.41) is 6.22. The lowest BCUT2D eigenvalue weighted by atomic mass is 10.1. The van der Waals surface area contributed by atoms with Crippen LogP contribution in [0.15, 0.2) is 18.5 Å². The van der Waals surface area contributed by atoms with E-state index in [0.717, 1.165) is 18.7 Å². The van der Waals surface area contributed by atoms with Crippen LogP contribution in [0, 0.1) is 0 Å². The van der Waals surface area contributed by atoms with Gasteiger partial charge in [0.15, 0.2) is 0 Å². The van der Waals surface area contributed by atoms with Crippen LogP contribution in [-0.4, -0.2) is 48.0 Å². The van der Waals surface area contributed by atoms with Gasteiger partial charge in [-0.3, -0.25) is 14.7 Å². The summed E-state index contributed by atoms with van der Waals surface area (Å²) in [5.41, 5.74) is 1.45. The van der Waals surface area contributed by atoms with Crippen LogP contribution in [0.5, 0.6) is 0 Å². The van der Waals surface area contributed by atoms with Gasteiger partial charge in [-0.2, -0.15) is 0 Å². The molecule has 3 rings (SSSR count). The van der Waals surface area contributed by atoms with E-state index in [1.165, 1.54) is 19.4 Å². The maximum absolute atomic E-state index is 12.4. The number of pyridine rings is 1. The van der Waals surface area contributed by atoms with Crippen molar-refractivity contribution >= 4 is 11.6 Å². The Bertz CT molecular complexity index is 476. The number of aromatic nitrogens is 1. The lowest BCUT2D eigenvalue weighted by Crippen LogP contribution is -2.42. The molecule has 2 aliphatic rings. The standard InChI is InChI=1S/C14H20N4O/c1-15-11-4-6-16-9-10(11)14(19)17-12-5-8-18-7-2-3-13(12)18/h4,6,9,12-13H,2-3,5,7-8H2,1H3,(H,15,16)(H,17,19). The summed E-state index contributed by atoms with van der Waals surface area (Å²) in [6, 6.07) is 2.66. The molecule has 2 aliphatic heterocycles. The molecule has 0 bridgehead atoms. The fourth-order valence-electron chi connectivity index (χ4n) is 3.29. The van der Waals surface area contributed by atoms with Crippen LogP contribution < -0.4 is 10.6 Å². The summed E-state index contributed by atoms with van der Waals surface area (Å²) in [7, 11) is 1.82. The Kier molecular flexibility index (Phi) is 3.38. The third kappa shape index (κ3) is 2.30. The summed E-state index contributed by atoms with van der Waals surface area (Å²) < 4.78 is 0. The van der Waals surface area contributed by atoms with Crippen molar-refractivity contribution in [1.29, 1.82) is 0 Å². The molecule has 2 atom stereocenters. The maximum Gasteiger partial charge on any atom is 0.255 e. The van der Waals surface area contributed by atoms with E-state index in [1.54, 1.807) is 12.4 Å². The highest BCUT2D eigenvalue weighted by Gasteiger charge is 2.37. The van der Waals surface area contributed by atoms with Crippen LogP contribution in [0.2, 0.25) is 0 Å². The molecular weight excluding hydrogens is 240 g/mol. The Morgan fingerprint density at radius 1 is 1.42 bits per heavy atom. The highest BCUT2D eigenvalue weighted by Crippen LogP contribution is 2.28. The van der Waals surface area contributed by atoms with E-state index in [2.05, 4.69) is 20.5 Å². The molecule has 0 saturated carbocycles. The highest BCUT2D eigenvalue weighted by molar-refractivity contribution is 5.99. The minimum absolute atomic E-state index is 0.0174. The largest absolute Gasteiger partial charge is 0.387 e. The molecule has 0 radical (unpaired) electrons. The Hall–Kier alpha value is -1.62. The predicted octanol–water partition coefficient (Wildman–Crippen LogP) is 1.09. The van der Waals surface area contributed by atoms with Gasteiger partial charge in [-0.05, 0) is 31.9 Å². The second kappa shape index (κ2) is 5.17. The molecule has 1 amide bonds. The smallest absolute Gasteiger partial charge is 0.255 e. The lowest BCUT2D eigenvalue weighted by molar-refractivity contribution is 0.0930. The summed E-state index contributed by atoms with van der Waals surface area (Å²) >= 11 is 0. The molecular formula is C14H20N4O. The lowest BCUT2D eigenvalue weighted by Gasteiger charge is -2.21. The van der Waals surface area contributed by atoms with Gasteiger partial charge in [0.2, 0.25) is 0 Å². The van der Waals surface area contributed by atoms with Gasteiger partial charge in [0.05, 0.1) is 5.56 Å². The van der Waals surface area contributed by atoms with Crippen LogP contribution in [0.1, 0.15) is 29.6 Å². The SMILES string of the molecule is CNc1ccncc1C(=O)NC1CCN2CCCC12.